The fourth-order valence-electron chi connectivity index (χ4n) is 3.76. The first kappa shape index (κ1) is 15.0. The maximum absolute atomic E-state index is 12.6. The van der Waals surface area contributed by atoms with Crippen LogP contribution in [-0.4, -0.2) is 21.7 Å². The minimum Gasteiger partial charge on any atom is -0.399 e. The maximum atomic E-state index is 12.6. The summed E-state index contributed by atoms with van der Waals surface area (Å²) in [7, 11) is -0.995. The molecule has 1 saturated heterocycles. The molecule has 1 aromatic rings. The van der Waals surface area contributed by atoms with Gasteiger partial charge in [-0.05, 0) is 56.4 Å². The van der Waals surface area contributed by atoms with Crippen LogP contribution in [0.2, 0.25) is 0 Å². The van der Waals surface area contributed by atoms with Crippen LogP contribution in [0.3, 0.4) is 0 Å². The van der Waals surface area contributed by atoms with Gasteiger partial charge in [0.25, 0.3) is 0 Å². The van der Waals surface area contributed by atoms with E-state index in [-0.39, 0.29) is 11.7 Å². The second-order valence-corrected chi connectivity index (χ2v) is 8.02. The van der Waals surface area contributed by atoms with E-state index in [9.17, 15) is 4.21 Å². The van der Waals surface area contributed by atoms with Crippen LogP contribution in [0.5, 0.6) is 0 Å². The molecular formula is C17H25NO2S. The first-order chi connectivity index (χ1) is 10.1. The highest BCUT2D eigenvalue weighted by atomic mass is 32.2. The van der Waals surface area contributed by atoms with Crippen molar-refractivity contribution < 1.29 is 8.95 Å². The van der Waals surface area contributed by atoms with E-state index >= 15 is 0 Å². The molecular weight excluding hydrogens is 282 g/mol. The average Bonchev–Trinajstić information content (AvgIpc) is 2.82. The second kappa shape index (κ2) is 6.09. The standard InChI is InChI=1S/C17H25NO2S/c1-13-11-14(18)5-6-16(13)21(19)12-15-7-10-17(20-15)8-3-2-4-9-17/h5-6,11,15H,2-4,7-10,12,18H2,1H3. The molecule has 1 aromatic carbocycles. The van der Waals surface area contributed by atoms with E-state index in [4.69, 9.17) is 10.5 Å². The van der Waals surface area contributed by atoms with E-state index in [1.807, 2.05) is 25.1 Å². The highest BCUT2D eigenvalue weighted by molar-refractivity contribution is 7.85. The van der Waals surface area contributed by atoms with Gasteiger partial charge >= 0.3 is 0 Å². The molecule has 1 spiro atoms. The van der Waals surface area contributed by atoms with Crippen molar-refractivity contribution in [3.63, 3.8) is 0 Å². The lowest BCUT2D eigenvalue weighted by Gasteiger charge is -2.33. The Morgan fingerprint density at radius 2 is 2.05 bits per heavy atom. The third kappa shape index (κ3) is 3.32. The van der Waals surface area contributed by atoms with Crippen molar-refractivity contribution in [2.75, 3.05) is 11.5 Å². The van der Waals surface area contributed by atoms with Crippen molar-refractivity contribution in [3.8, 4) is 0 Å². The number of aryl methyl sites for hydroxylation is 1. The van der Waals surface area contributed by atoms with Crippen LogP contribution in [-0.2, 0) is 15.5 Å². The Kier molecular flexibility index (Phi) is 4.36. The topological polar surface area (TPSA) is 52.3 Å². The van der Waals surface area contributed by atoms with Gasteiger partial charge in [0.05, 0.1) is 28.3 Å². The molecule has 0 radical (unpaired) electrons. The summed E-state index contributed by atoms with van der Waals surface area (Å²) in [6.07, 6.45) is 8.65. The van der Waals surface area contributed by atoms with Gasteiger partial charge in [-0.15, -0.1) is 0 Å². The summed E-state index contributed by atoms with van der Waals surface area (Å²) in [5.74, 6) is 0.618. The lowest BCUT2D eigenvalue weighted by molar-refractivity contribution is -0.0557. The lowest BCUT2D eigenvalue weighted by atomic mass is 9.83. The van der Waals surface area contributed by atoms with Gasteiger partial charge in [-0.2, -0.15) is 0 Å². The van der Waals surface area contributed by atoms with Gasteiger partial charge in [0, 0.05) is 10.6 Å². The van der Waals surface area contributed by atoms with E-state index in [0.29, 0.717) is 5.75 Å². The van der Waals surface area contributed by atoms with Crippen LogP contribution in [0.15, 0.2) is 23.1 Å². The molecule has 0 amide bonds. The number of hydrogen-bond acceptors (Lipinski definition) is 3. The Labute approximate surface area is 129 Å². The molecule has 116 valence electrons. The van der Waals surface area contributed by atoms with Crippen LogP contribution >= 0.6 is 0 Å². The van der Waals surface area contributed by atoms with Gasteiger partial charge in [0.1, 0.15) is 0 Å². The molecule has 2 N–H and O–H groups in total. The quantitative estimate of drug-likeness (QED) is 0.869. The third-order valence-electron chi connectivity index (χ3n) is 4.88. The van der Waals surface area contributed by atoms with E-state index in [1.54, 1.807) is 0 Å². The monoisotopic (exact) mass is 307 g/mol. The Morgan fingerprint density at radius 1 is 1.29 bits per heavy atom. The summed E-state index contributed by atoms with van der Waals surface area (Å²) >= 11 is 0. The van der Waals surface area contributed by atoms with Crippen LogP contribution in [0.1, 0.15) is 50.5 Å². The van der Waals surface area contributed by atoms with Crippen molar-refractivity contribution in [2.45, 2.75) is 68.5 Å². The average molecular weight is 307 g/mol. The molecule has 3 rings (SSSR count). The number of nitrogen functional groups attached to an aromatic ring is 1. The molecule has 1 saturated carbocycles. The zero-order valence-corrected chi connectivity index (χ0v) is 13.6. The molecule has 2 fully saturated rings. The molecule has 2 aliphatic rings. The van der Waals surface area contributed by atoms with Gasteiger partial charge < -0.3 is 10.5 Å². The number of rotatable bonds is 3. The molecule has 2 unspecified atom stereocenters. The van der Waals surface area contributed by atoms with E-state index in [1.165, 1.54) is 32.1 Å². The minimum atomic E-state index is -0.995. The number of anilines is 1. The summed E-state index contributed by atoms with van der Waals surface area (Å²) < 4.78 is 18.9. The predicted octanol–water partition coefficient (Wildman–Crippen LogP) is 3.57. The summed E-state index contributed by atoms with van der Waals surface area (Å²) in [4.78, 5) is 0.900. The molecule has 1 aliphatic carbocycles. The number of benzene rings is 1. The maximum Gasteiger partial charge on any atom is 0.0702 e. The number of hydrogen-bond donors (Lipinski definition) is 1. The molecule has 1 heterocycles. The van der Waals surface area contributed by atoms with E-state index in [2.05, 4.69) is 0 Å². The smallest absolute Gasteiger partial charge is 0.0702 e. The van der Waals surface area contributed by atoms with Crippen LogP contribution < -0.4 is 5.73 Å². The molecule has 3 nitrogen and oxygen atoms in total. The van der Waals surface area contributed by atoms with Crippen molar-refractivity contribution in [3.05, 3.63) is 23.8 Å². The van der Waals surface area contributed by atoms with Crippen molar-refractivity contribution >= 4 is 16.5 Å². The number of ether oxygens (including phenoxy) is 1. The van der Waals surface area contributed by atoms with Crippen LogP contribution in [0.4, 0.5) is 5.69 Å². The van der Waals surface area contributed by atoms with E-state index in [0.717, 1.165) is 29.0 Å². The Hall–Kier alpha value is -0.870. The van der Waals surface area contributed by atoms with Crippen molar-refractivity contribution in [1.29, 1.82) is 0 Å². The summed E-state index contributed by atoms with van der Waals surface area (Å²) in [5.41, 5.74) is 7.62. The van der Waals surface area contributed by atoms with Crippen molar-refractivity contribution in [2.24, 2.45) is 0 Å². The van der Waals surface area contributed by atoms with Gasteiger partial charge in [0.15, 0.2) is 0 Å². The molecule has 2 atom stereocenters. The fraction of sp³-hybridized carbons (Fsp3) is 0.647. The normalized spacial score (nSPS) is 26.0. The first-order valence-corrected chi connectivity index (χ1v) is 9.32. The SMILES string of the molecule is Cc1cc(N)ccc1S(=O)CC1CCC2(CCCCC2)O1. The Morgan fingerprint density at radius 3 is 2.76 bits per heavy atom. The predicted molar refractivity (Wildman–Crippen MR) is 86.8 cm³/mol. The van der Waals surface area contributed by atoms with E-state index < -0.39 is 10.8 Å². The summed E-state index contributed by atoms with van der Waals surface area (Å²) in [6, 6.07) is 5.62. The first-order valence-electron chi connectivity index (χ1n) is 8.00. The Balaban J connectivity index is 1.63. The van der Waals surface area contributed by atoms with Crippen molar-refractivity contribution in [1.82, 2.24) is 0 Å². The molecule has 0 aromatic heterocycles. The number of nitrogens with two attached hydrogens (primary N) is 1. The molecule has 21 heavy (non-hydrogen) atoms. The highest BCUT2D eigenvalue weighted by Gasteiger charge is 2.41. The highest BCUT2D eigenvalue weighted by Crippen LogP contribution is 2.42. The van der Waals surface area contributed by atoms with Gasteiger partial charge in [0.2, 0.25) is 0 Å². The Bertz CT molecular complexity index is 538. The van der Waals surface area contributed by atoms with Crippen LogP contribution in [0, 0.1) is 6.92 Å². The van der Waals surface area contributed by atoms with Gasteiger partial charge in [-0.1, -0.05) is 19.3 Å². The molecule has 4 heteroatoms. The zero-order chi connectivity index (χ0) is 14.9. The molecule has 0 bridgehead atoms. The van der Waals surface area contributed by atoms with Gasteiger partial charge in [-0.25, -0.2) is 0 Å². The fourth-order valence-corrected chi connectivity index (χ4v) is 5.15. The van der Waals surface area contributed by atoms with Crippen LogP contribution in [0.25, 0.3) is 0 Å². The summed E-state index contributed by atoms with van der Waals surface area (Å²) in [5, 5.41) is 0. The lowest BCUT2D eigenvalue weighted by Crippen LogP contribution is -2.32. The largest absolute Gasteiger partial charge is 0.399 e. The third-order valence-corrected chi connectivity index (χ3v) is 6.51. The second-order valence-electron chi connectivity index (χ2n) is 6.56. The van der Waals surface area contributed by atoms with Gasteiger partial charge in [-0.3, -0.25) is 4.21 Å². The minimum absolute atomic E-state index is 0.114. The summed E-state index contributed by atoms with van der Waals surface area (Å²) in [6.45, 7) is 1.97. The zero-order valence-electron chi connectivity index (χ0n) is 12.8. The molecule has 1 aliphatic heterocycles.